The van der Waals surface area contributed by atoms with Gasteiger partial charge in [0, 0.05) is 11.8 Å². The van der Waals surface area contributed by atoms with E-state index in [1.807, 2.05) is 18.2 Å². The number of hydrogen-bond donors (Lipinski definition) is 2. The molecule has 126 valence electrons. The first-order valence-electron chi connectivity index (χ1n) is 8.53. The van der Waals surface area contributed by atoms with Crippen LogP contribution in [0.4, 0.5) is 5.69 Å². The van der Waals surface area contributed by atoms with E-state index in [4.69, 9.17) is 15.2 Å². The Balaban J connectivity index is 1.58. The van der Waals surface area contributed by atoms with E-state index in [0.717, 1.165) is 17.5 Å². The van der Waals surface area contributed by atoms with E-state index in [-0.39, 0.29) is 0 Å². The fourth-order valence-corrected chi connectivity index (χ4v) is 3.69. The molecule has 0 bridgehead atoms. The average Bonchev–Trinajstić information content (AvgIpc) is 3.34. The van der Waals surface area contributed by atoms with E-state index in [1.54, 1.807) is 14.2 Å². The number of nitrogens with two attached hydrogens (primary N) is 1. The quantitative estimate of drug-likeness (QED) is 0.645. The minimum Gasteiger partial charge on any atom is -0.493 e. The standard InChI is InChI=1S/C18H27N3O2/c1-22-16-9-8-13(10-17(16)23-2)20-18(19)21-15-11-14(15)12-6-4-3-5-7-12/h8-10,12,14-15H,3-7,11H2,1-2H3,(H3,19,20,21)/t14-,15+/m0/s1. The molecular formula is C18H27N3O2. The van der Waals surface area contributed by atoms with Crippen LogP contribution in [0.5, 0.6) is 11.5 Å². The second-order valence-electron chi connectivity index (χ2n) is 6.57. The first-order chi connectivity index (χ1) is 11.2. The van der Waals surface area contributed by atoms with Gasteiger partial charge in [-0.3, -0.25) is 0 Å². The molecule has 2 aliphatic rings. The van der Waals surface area contributed by atoms with Crippen molar-refractivity contribution in [2.45, 2.75) is 44.6 Å². The molecule has 0 spiro atoms. The largest absolute Gasteiger partial charge is 0.493 e. The van der Waals surface area contributed by atoms with Gasteiger partial charge in [0.05, 0.1) is 20.3 Å². The summed E-state index contributed by atoms with van der Waals surface area (Å²) in [6, 6.07) is 6.05. The van der Waals surface area contributed by atoms with Crippen LogP contribution in [-0.4, -0.2) is 26.2 Å². The van der Waals surface area contributed by atoms with Crippen molar-refractivity contribution in [2.24, 2.45) is 22.6 Å². The van der Waals surface area contributed by atoms with Gasteiger partial charge in [-0.25, -0.2) is 4.99 Å². The summed E-state index contributed by atoms with van der Waals surface area (Å²) in [5.74, 6) is 3.48. The molecule has 2 fully saturated rings. The Morgan fingerprint density at radius 1 is 1.13 bits per heavy atom. The van der Waals surface area contributed by atoms with Gasteiger partial charge in [-0.2, -0.15) is 0 Å². The lowest BCUT2D eigenvalue weighted by molar-refractivity contribution is 0.318. The number of anilines is 1. The second kappa shape index (κ2) is 7.11. The van der Waals surface area contributed by atoms with Crippen molar-refractivity contribution >= 4 is 11.6 Å². The summed E-state index contributed by atoms with van der Waals surface area (Å²) in [5, 5.41) is 3.15. The molecule has 0 unspecified atom stereocenters. The Hall–Kier alpha value is -1.91. The van der Waals surface area contributed by atoms with Crippen LogP contribution in [0.2, 0.25) is 0 Å². The Bertz CT molecular complexity index is 567. The highest BCUT2D eigenvalue weighted by Gasteiger charge is 2.43. The predicted octanol–water partition coefficient (Wildman–Crippen LogP) is 3.40. The summed E-state index contributed by atoms with van der Waals surface area (Å²) >= 11 is 0. The monoisotopic (exact) mass is 317 g/mol. The molecule has 3 rings (SSSR count). The van der Waals surface area contributed by atoms with Crippen LogP contribution in [0, 0.1) is 11.8 Å². The van der Waals surface area contributed by atoms with Crippen molar-refractivity contribution in [3.05, 3.63) is 18.2 Å². The van der Waals surface area contributed by atoms with Crippen LogP contribution in [0.1, 0.15) is 38.5 Å². The summed E-state index contributed by atoms with van der Waals surface area (Å²) in [7, 11) is 3.25. The molecule has 0 saturated heterocycles. The van der Waals surface area contributed by atoms with Crippen molar-refractivity contribution in [3.63, 3.8) is 0 Å². The van der Waals surface area contributed by atoms with Gasteiger partial charge in [-0.1, -0.05) is 32.1 Å². The third-order valence-corrected chi connectivity index (χ3v) is 5.02. The van der Waals surface area contributed by atoms with Crippen molar-refractivity contribution in [1.82, 2.24) is 0 Å². The summed E-state index contributed by atoms with van der Waals surface area (Å²) in [5.41, 5.74) is 6.93. The number of rotatable bonds is 5. The number of ether oxygens (including phenoxy) is 2. The molecule has 23 heavy (non-hydrogen) atoms. The van der Waals surface area contributed by atoms with E-state index < -0.39 is 0 Å². The van der Waals surface area contributed by atoms with Crippen LogP contribution in [0.15, 0.2) is 23.2 Å². The summed E-state index contributed by atoms with van der Waals surface area (Å²) < 4.78 is 10.5. The van der Waals surface area contributed by atoms with E-state index in [0.29, 0.717) is 23.5 Å². The molecule has 0 aliphatic heterocycles. The number of benzene rings is 1. The van der Waals surface area contributed by atoms with Gasteiger partial charge in [0.25, 0.3) is 0 Å². The van der Waals surface area contributed by atoms with Gasteiger partial charge in [0.15, 0.2) is 17.5 Å². The maximum atomic E-state index is 6.07. The van der Waals surface area contributed by atoms with Gasteiger partial charge in [-0.15, -0.1) is 0 Å². The highest BCUT2D eigenvalue weighted by Crippen LogP contribution is 2.46. The van der Waals surface area contributed by atoms with Crippen LogP contribution in [-0.2, 0) is 0 Å². The van der Waals surface area contributed by atoms with Crippen molar-refractivity contribution < 1.29 is 9.47 Å². The maximum Gasteiger partial charge on any atom is 0.193 e. The van der Waals surface area contributed by atoms with Crippen molar-refractivity contribution in [2.75, 3.05) is 19.5 Å². The lowest BCUT2D eigenvalue weighted by Gasteiger charge is -2.21. The van der Waals surface area contributed by atoms with Gasteiger partial charge < -0.3 is 20.5 Å². The number of hydrogen-bond acceptors (Lipinski definition) is 3. The minimum absolute atomic E-state index is 0.408. The zero-order chi connectivity index (χ0) is 16.2. The van der Waals surface area contributed by atoms with Crippen molar-refractivity contribution in [3.8, 4) is 11.5 Å². The third-order valence-electron chi connectivity index (χ3n) is 5.02. The second-order valence-corrected chi connectivity index (χ2v) is 6.57. The SMILES string of the molecule is COc1ccc(NC(N)=N[C@@H]2C[C@H]2C2CCCCC2)cc1OC. The molecule has 0 amide bonds. The minimum atomic E-state index is 0.408. The molecule has 2 atom stereocenters. The van der Waals surface area contributed by atoms with E-state index in [1.165, 1.54) is 38.5 Å². The smallest absolute Gasteiger partial charge is 0.193 e. The highest BCUT2D eigenvalue weighted by molar-refractivity contribution is 5.92. The van der Waals surface area contributed by atoms with E-state index >= 15 is 0 Å². The lowest BCUT2D eigenvalue weighted by atomic mass is 9.85. The van der Waals surface area contributed by atoms with Gasteiger partial charge in [-0.05, 0) is 30.4 Å². The average molecular weight is 317 g/mol. The molecule has 2 saturated carbocycles. The van der Waals surface area contributed by atoms with Crippen LogP contribution in [0.3, 0.4) is 0 Å². The fraction of sp³-hybridized carbons (Fsp3) is 0.611. The Kier molecular flexibility index (Phi) is 4.94. The molecule has 0 radical (unpaired) electrons. The molecule has 1 aromatic carbocycles. The first kappa shape index (κ1) is 16.0. The summed E-state index contributed by atoms with van der Waals surface area (Å²) in [6.45, 7) is 0. The van der Waals surface area contributed by atoms with Crippen LogP contribution < -0.4 is 20.5 Å². The number of nitrogens with zero attached hydrogens (tertiary/aromatic N) is 1. The fourth-order valence-electron chi connectivity index (χ4n) is 3.69. The van der Waals surface area contributed by atoms with Crippen LogP contribution >= 0.6 is 0 Å². The van der Waals surface area contributed by atoms with Gasteiger partial charge in [0.1, 0.15) is 0 Å². The topological polar surface area (TPSA) is 68.9 Å². The van der Waals surface area contributed by atoms with Gasteiger partial charge in [0.2, 0.25) is 0 Å². The van der Waals surface area contributed by atoms with E-state index in [2.05, 4.69) is 10.3 Å². The molecular weight excluding hydrogens is 290 g/mol. The number of methoxy groups -OCH3 is 2. The zero-order valence-electron chi connectivity index (χ0n) is 14.0. The molecule has 2 aliphatic carbocycles. The van der Waals surface area contributed by atoms with Gasteiger partial charge >= 0.3 is 0 Å². The number of aliphatic imine (C=N–C) groups is 1. The Morgan fingerprint density at radius 3 is 2.57 bits per heavy atom. The van der Waals surface area contributed by atoms with Crippen molar-refractivity contribution in [1.29, 1.82) is 0 Å². The Morgan fingerprint density at radius 2 is 1.87 bits per heavy atom. The number of nitrogens with one attached hydrogen (secondary N) is 1. The first-order valence-corrected chi connectivity index (χ1v) is 8.53. The number of guanidine groups is 1. The molecule has 5 nitrogen and oxygen atoms in total. The normalized spacial score (nSPS) is 25.0. The van der Waals surface area contributed by atoms with E-state index in [9.17, 15) is 0 Å². The molecule has 0 aromatic heterocycles. The highest BCUT2D eigenvalue weighted by atomic mass is 16.5. The maximum absolute atomic E-state index is 6.07. The van der Waals surface area contributed by atoms with Crippen LogP contribution in [0.25, 0.3) is 0 Å². The lowest BCUT2D eigenvalue weighted by Crippen LogP contribution is -2.23. The summed E-state index contributed by atoms with van der Waals surface area (Å²) in [4.78, 5) is 4.65. The molecule has 0 heterocycles. The molecule has 3 N–H and O–H groups in total. The molecule has 5 heteroatoms. The molecule has 1 aromatic rings. The predicted molar refractivity (Wildman–Crippen MR) is 93.3 cm³/mol. The summed E-state index contributed by atoms with van der Waals surface area (Å²) in [6.07, 6.45) is 8.12. The Labute approximate surface area is 138 Å². The third kappa shape index (κ3) is 3.89. The zero-order valence-corrected chi connectivity index (χ0v) is 14.0.